The number of aliphatic hydroxyl groups excluding tert-OH is 1. The summed E-state index contributed by atoms with van der Waals surface area (Å²) in [7, 11) is 0. The Kier molecular flexibility index (Phi) is 3.30. The molecule has 0 fully saturated rings. The monoisotopic (exact) mass is 232 g/mol. The molecule has 0 bridgehead atoms. The first-order valence-corrected chi connectivity index (χ1v) is 4.88. The van der Waals surface area contributed by atoms with E-state index in [0.717, 1.165) is 3.79 Å². The molecule has 1 aromatic rings. The molecule has 1 aromatic heterocycles. The van der Waals surface area contributed by atoms with Gasteiger partial charge in [-0.3, -0.25) is 0 Å². The molecule has 0 aliphatic heterocycles. The largest absolute Gasteiger partial charge is 0.392 e. The molecule has 0 saturated heterocycles. The highest BCUT2D eigenvalue weighted by Gasteiger charge is 1.98. The summed E-state index contributed by atoms with van der Waals surface area (Å²) >= 11 is 5.10. The summed E-state index contributed by atoms with van der Waals surface area (Å²) < 4.78 is 1.16. The van der Waals surface area contributed by atoms with E-state index in [0.29, 0.717) is 0 Å². The van der Waals surface area contributed by atoms with E-state index in [1.165, 1.54) is 10.4 Å². The molecular formula is C8H9BrOS. The lowest BCUT2D eigenvalue weighted by atomic mass is 10.3. The van der Waals surface area contributed by atoms with Crippen LogP contribution in [0.1, 0.15) is 10.4 Å². The lowest BCUT2D eigenvalue weighted by Gasteiger charge is -1.79. The summed E-state index contributed by atoms with van der Waals surface area (Å²) in [5, 5.41) is 8.51. The SMILES string of the molecule is Cc1cc(C=CCO)sc1Br. The molecule has 0 aliphatic carbocycles. The standard InChI is InChI=1S/C8H9BrOS/c1-6-5-7(3-2-4-10)11-8(6)9/h2-3,5,10H,4H2,1H3. The Labute approximate surface area is 78.5 Å². The van der Waals surface area contributed by atoms with Gasteiger partial charge in [-0.15, -0.1) is 11.3 Å². The van der Waals surface area contributed by atoms with Crippen LogP contribution in [-0.4, -0.2) is 11.7 Å². The Morgan fingerprint density at radius 1 is 1.73 bits per heavy atom. The van der Waals surface area contributed by atoms with Crippen molar-refractivity contribution in [3.05, 3.63) is 26.4 Å². The van der Waals surface area contributed by atoms with Crippen LogP contribution in [0.25, 0.3) is 6.08 Å². The van der Waals surface area contributed by atoms with Gasteiger partial charge in [-0.2, -0.15) is 0 Å². The second kappa shape index (κ2) is 4.04. The average molecular weight is 233 g/mol. The molecule has 0 saturated carbocycles. The zero-order valence-corrected chi connectivity index (χ0v) is 8.58. The molecule has 60 valence electrons. The van der Waals surface area contributed by atoms with Gasteiger partial charge in [0.15, 0.2) is 0 Å². The summed E-state index contributed by atoms with van der Waals surface area (Å²) in [6, 6.07) is 2.08. The predicted octanol–water partition coefficient (Wildman–Crippen LogP) is 2.82. The van der Waals surface area contributed by atoms with Crippen LogP contribution in [0.3, 0.4) is 0 Å². The third kappa shape index (κ3) is 2.43. The Morgan fingerprint density at radius 2 is 2.45 bits per heavy atom. The summed E-state index contributed by atoms with van der Waals surface area (Å²) in [5.41, 5.74) is 1.24. The summed E-state index contributed by atoms with van der Waals surface area (Å²) in [4.78, 5) is 1.17. The zero-order chi connectivity index (χ0) is 8.27. The summed E-state index contributed by atoms with van der Waals surface area (Å²) in [6.45, 7) is 2.16. The Hall–Kier alpha value is -0.120. The quantitative estimate of drug-likeness (QED) is 0.832. The van der Waals surface area contributed by atoms with Crippen molar-refractivity contribution in [3.63, 3.8) is 0 Å². The van der Waals surface area contributed by atoms with Gasteiger partial charge < -0.3 is 5.11 Å². The highest BCUT2D eigenvalue weighted by atomic mass is 79.9. The van der Waals surface area contributed by atoms with Crippen LogP contribution in [0.2, 0.25) is 0 Å². The fourth-order valence-corrected chi connectivity index (χ4v) is 2.24. The van der Waals surface area contributed by atoms with E-state index in [4.69, 9.17) is 5.11 Å². The normalized spacial score (nSPS) is 11.2. The first-order chi connectivity index (χ1) is 5.24. The summed E-state index contributed by atoms with van der Waals surface area (Å²) in [5.74, 6) is 0. The smallest absolute Gasteiger partial charge is 0.0733 e. The lowest BCUT2D eigenvalue weighted by Crippen LogP contribution is -1.68. The van der Waals surface area contributed by atoms with Crippen molar-refractivity contribution in [2.24, 2.45) is 0 Å². The van der Waals surface area contributed by atoms with Gasteiger partial charge in [0, 0.05) is 4.88 Å². The molecule has 1 nitrogen and oxygen atoms in total. The van der Waals surface area contributed by atoms with Crippen LogP contribution >= 0.6 is 27.3 Å². The van der Waals surface area contributed by atoms with Gasteiger partial charge in [0.2, 0.25) is 0 Å². The van der Waals surface area contributed by atoms with E-state index in [9.17, 15) is 0 Å². The minimum absolute atomic E-state index is 0.106. The van der Waals surface area contributed by atoms with Crippen LogP contribution in [0.5, 0.6) is 0 Å². The van der Waals surface area contributed by atoms with Crippen LogP contribution < -0.4 is 0 Å². The first kappa shape index (κ1) is 8.97. The van der Waals surface area contributed by atoms with Crippen molar-refractivity contribution < 1.29 is 5.11 Å². The van der Waals surface area contributed by atoms with Crippen molar-refractivity contribution in [2.45, 2.75) is 6.92 Å². The third-order valence-corrected chi connectivity index (χ3v) is 3.37. The molecule has 1 heterocycles. The van der Waals surface area contributed by atoms with Gasteiger partial charge in [-0.05, 0) is 40.6 Å². The predicted molar refractivity (Wildman–Crippen MR) is 52.9 cm³/mol. The van der Waals surface area contributed by atoms with Crippen molar-refractivity contribution in [2.75, 3.05) is 6.61 Å². The number of hydrogen-bond acceptors (Lipinski definition) is 2. The fraction of sp³-hybridized carbons (Fsp3) is 0.250. The molecule has 11 heavy (non-hydrogen) atoms. The molecule has 3 heteroatoms. The van der Waals surface area contributed by atoms with Crippen LogP contribution in [0, 0.1) is 6.92 Å². The highest BCUT2D eigenvalue weighted by molar-refractivity contribution is 9.11. The molecule has 0 radical (unpaired) electrons. The fourth-order valence-electron chi connectivity index (χ4n) is 0.735. The third-order valence-electron chi connectivity index (χ3n) is 1.26. The van der Waals surface area contributed by atoms with Gasteiger partial charge in [0.05, 0.1) is 10.4 Å². The maximum atomic E-state index is 8.51. The highest BCUT2D eigenvalue weighted by Crippen LogP contribution is 2.27. The average Bonchev–Trinajstić information content (AvgIpc) is 2.28. The van der Waals surface area contributed by atoms with Crippen molar-refractivity contribution >= 4 is 33.3 Å². The number of thiophene rings is 1. The van der Waals surface area contributed by atoms with Gasteiger partial charge in [0.1, 0.15) is 0 Å². The van der Waals surface area contributed by atoms with Gasteiger partial charge in [-0.25, -0.2) is 0 Å². The Morgan fingerprint density at radius 3 is 2.91 bits per heavy atom. The number of aryl methyl sites for hydroxylation is 1. The number of halogens is 1. The van der Waals surface area contributed by atoms with Crippen LogP contribution in [0.4, 0.5) is 0 Å². The molecule has 0 amide bonds. The molecular weight excluding hydrogens is 224 g/mol. The van der Waals surface area contributed by atoms with Crippen LogP contribution in [-0.2, 0) is 0 Å². The second-order valence-electron chi connectivity index (χ2n) is 2.19. The molecule has 0 atom stereocenters. The topological polar surface area (TPSA) is 20.2 Å². The maximum absolute atomic E-state index is 8.51. The minimum Gasteiger partial charge on any atom is -0.392 e. The number of hydrogen-bond donors (Lipinski definition) is 1. The van der Waals surface area contributed by atoms with Gasteiger partial charge in [-0.1, -0.05) is 6.08 Å². The van der Waals surface area contributed by atoms with E-state index in [2.05, 4.69) is 28.9 Å². The van der Waals surface area contributed by atoms with E-state index in [1.807, 2.05) is 6.08 Å². The van der Waals surface area contributed by atoms with Crippen molar-refractivity contribution in [1.82, 2.24) is 0 Å². The molecule has 1 rings (SSSR count). The second-order valence-corrected chi connectivity index (χ2v) is 4.59. The summed E-state index contributed by atoms with van der Waals surface area (Å²) in [6.07, 6.45) is 3.65. The molecule has 0 aromatic carbocycles. The minimum atomic E-state index is 0.106. The van der Waals surface area contributed by atoms with Gasteiger partial charge in [0.25, 0.3) is 0 Å². The van der Waals surface area contributed by atoms with Crippen LogP contribution in [0.15, 0.2) is 15.9 Å². The van der Waals surface area contributed by atoms with E-state index < -0.39 is 0 Å². The Bertz CT molecular complexity index is 246. The maximum Gasteiger partial charge on any atom is 0.0733 e. The molecule has 1 N–H and O–H groups in total. The first-order valence-electron chi connectivity index (χ1n) is 3.27. The number of rotatable bonds is 2. The zero-order valence-electron chi connectivity index (χ0n) is 6.17. The van der Waals surface area contributed by atoms with Crippen molar-refractivity contribution in [1.29, 1.82) is 0 Å². The van der Waals surface area contributed by atoms with Gasteiger partial charge >= 0.3 is 0 Å². The Balaban J connectivity index is 2.80. The van der Waals surface area contributed by atoms with E-state index in [1.54, 1.807) is 17.4 Å². The van der Waals surface area contributed by atoms with E-state index in [-0.39, 0.29) is 6.61 Å². The molecule has 0 unspecified atom stereocenters. The molecule has 0 aliphatic rings. The number of aliphatic hydroxyl groups is 1. The van der Waals surface area contributed by atoms with E-state index >= 15 is 0 Å². The lowest BCUT2D eigenvalue weighted by molar-refractivity contribution is 0.343. The molecule has 0 spiro atoms. The van der Waals surface area contributed by atoms with Crippen molar-refractivity contribution in [3.8, 4) is 0 Å².